The Morgan fingerprint density at radius 1 is 1.50 bits per heavy atom. The van der Waals surface area contributed by atoms with Gasteiger partial charge in [-0.1, -0.05) is 29.4 Å². The molecule has 1 N–H and O–H groups in total. The van der Waals surface area contributed by atoms with Gasteiger partial charge in [0.1, 0.15) is 0 Å². The minimum absolute atomic E-state index is 0.0166. The fraction of sp³-hybridized carbons (Fsp3) is 0.286. The molecule has 0 spiro atoms. The quantitative estimate of drug-likeness (QED) is 0.860. The van der Waals surface area contributed by atoms with E-state index < -0.39 is 0 Å². The van der Waals surface area contributed by atoms with Crippen LogP contribution in [0.4, 0.5) is 5.69 Å². The molecule has 6 heteroatoms. The Morgan fingerprint density at radius 3 is 3.00 bits per heavy atom. The SMILES string of the molecule is Cc1c(Cl)cccc1NC(=O)CCSc1nccn1C. The Kier molecular flexibility index (Phi) is 5.09. The number of benzene rings is 1. The highest BCUT2D eigenvalue weighted by atomic mass is 35.5. The van der Waals surface area contributed by atoms with Crippen molar-refractivity contribution >= 4 is 35.0 Å². The molecule has 4 nitrogen and oxygen atoms in total. The second-order valence-electron chi connectivity index (χ2n) is 4.38. The number of carbonyl (C=O) groups is 1. The molecule has 2 rings (SSSR count). The Bertz CT molecular complexity index is 612. The zero-order valence-corrected chi connectivity index (χ0v) is 13.0. The van der Waals surface area contributed by atoms with Crippen LogP contribution in [0.2, 0.25) is 5.02 Å². The van der Waals surface area contributed by atoms with E-state index in [2.05, 4.69) is 10.3 Å². The monoisotopic (exact) mass is 309 g/mol. The number of nitrogens with one attached hydrogen (secondary N) is 1. The number of nitrogens with zero attached hydrogens (tertiary/aromatic N) is 2. The summed E-state index contributed by atoms with van der Waals surface area (Å²) >= 11 is 7.59. The van der Waals surface area contributed by atoms with Crippen LogP contribution in [0.15, 0.2) is 35.7 Å². The van der Waals surface area contributed by atoms with Gasteiger partial charge in [-0.15, -0.1) is 0 Å². The van der Waals surface area contributed by atoms with E-state index in [1.165, 1.54) is 0 Å². The molecule has 0 saturated heterocycles. The van der Waals surface area contributed by atoms with Gasteiger partial charge >= 0.3 is 0 Å². The Morgan fingerprint density at radius 2 is 2.30 bits per heavy atom. The number of thioether (sulfide) groups is 1. The minimum Gasteiger partial charge on any atom is -0.329 e. The number of hydrogen-bond donors (Lipinski definition) is 1. The van der Waals surface area contributed by atoms with Gasteiger partial charge in [0.05, 0.1) is 0 Å². The standard InChI is InChI=1S/C14H16ClN3OS/c1-10-11(15)4-3-5-12(10)17-13(19)6-9-20-14-16-7-8-18(14)2/h3-5,7-8H,6,9H2,1-2H3,(H,17,19). The first-order chi connectivity index (χ1) is 9.58. The summed E-state index contributed by atoms with van der Waals surface area (Å²) < 4.78 is 1.93. The molecule has 0 aliphatic rings. The van der Waals surface area contributed by atoms with Crippen LogP contribution in [0.25, 0.3) is 0 Å². The van der Waals surface area contributed by atoms with Crippen LogP contribution in [0, 0.1) is 6.92 Å². The zero-order chi connectivity index (χ0) is 14.5. The molecule has 1 aromatic carbocycles. The van der Waals surface area contributed by atoms with E-state index in [1.807, 2.05) is 42.9 Å². The van der Waals surface area contributed by atoms with Crippen LogP contribution in [0.1, 0.15) is 12.0 Å². The predicted octanol–water partition coefficient (Wildman–Crippen LogP) is 3.50. The highest BCUT2D eigenvalue weighted by molar-refractivity contribution is 7.99. The number of aryl methyl sites for hydroxylation is 1. The third-order valence-electron chi connectivity index (χ3n) is 2.88. The van der Waals surface area contributed by atoms with Crippen molar-refractivity contribution in [2.45, 2.75) is 18.5 Å². The van der Waals surface area contributed by atoms with E-state index >= 15 is 0 Å². The molecule has 0 unspecified atom stereocenters. The Hall–Kier alpha value is -1.46. The maximum atomic E-state index is 11.9. The molecule has 0 aliphatic heterocycles. The topological polar surface area (TPSA) is 46.9 Å². The molecule has 20 heavy (non-hydrogen) atoms. The van der Waals surface area contributed by atoms with E-state index in [4.69, 9.17) is 11.6 Å². The molecule has 106 valence electrons. The van der Waals surface area contributed by atoms with Crippen molar-refractivity contribution in [2.24, 2.45) is 7.05 Å². The lowest BCUT2D eigenvalue weighted by atomic mass is 10.2. The molecule has 2 aromatic rings. The summed E-state index contributed by atoms with van der Waals surface area (Å²) in [5.41, 5.74) is 1.66. The van der Waals surface area contributed by atoms with Crippen LogP contribution < -0.4 is 5.32 Å². The molecule has 0 atom stereocenters. The summed E-state index contributed by atoms with van der Waals surface area (Å²) in [6, 6.07) is 5.49. The first-order valence-corrected chi connectivity index (χ1v) is 7.59. The van der Waals surface area contributed by atoms with Crippen molar-refractivity contribution in [1.82, 2.24) is 9.55 Å². The molecule has 0 fully saturated rings. The summed E-state index contributed by atoms with van der Waals surface area (Å²) in [4.78, 5) is 16.1. The fourth-order valence-electron chi connectivity index (χ4n) is 1.68. The summed E-state index contributed by atoms with van der Waals surface area (Å²) in [5, 5.41) is 4.45. The summed E-state index contributed by atoms with van der Waals surface area (Å²) in [7, 11) is 1.94. The normalized spacial score (nSPS) is 10.6. The van der Waals surface area contributed by atoms with Gasteiger partial charge < -0.3 is 9.88 Å². The summed E-state index contributed by atoms with van der Waals surface area (Å²) in [6.07, 6.45) is 4.07. The molecule has 0 bridgehead atoms. The van der Waals surface area contributed by atoms with Crippen LogP contribution >= 0.6 is 23.4 Å². The first kappa shape index (κ1) is 14.9. The highest BCUT2D eigenvalue weighted by Gasteiger charge is 2.08. The van der Waals surface area contributed by atoms with E-state index in [-0.39, 0.29) is 5.91 Å². The Balaban J connectivity index is 1.84. The average Bonchev–Trinajstić information content (AvgIpc) is 2.81. The number of hydrogen-bond acceptors (Lipinski definition) is 3. The van der Waals surface area contributed by atoms with Gasteiger partial charge in [-0.05, 0) is 24.6 Å². The van der Waals surface area contributed by atoms with E-state index in [0.29, 0.717) is 17.2 Å². The molecule has 0 radical (unpaired) electrons. The lowest BCUT2D eigenvalue weighted by Gasteiger charge is -2.09. The smallest absolute Gasteiger partial charge is 0.225 e. The van der Waals surface area contributed by atoms with Gasteiger partial charge in [0.2, 0.25) is 5.91 Å². The van der Waals surface area contributed by atoms with E-state index in [9.17, 15) is 4.79 Å². The molecule has 1 amide bonds. The van der Waals surface area contributed by atoms with Crippen LogP contribution in [-0.4, -0.2) is 21.2 Å². The molecule has 0 saturated carbocycles. The van der Waals surface area contributed by atoms with Crippen molar-refractivity contribution < 1.29 is 4.79 Å². The number of amides is 1. The molecular formula is C14H16ClN3OS. The number of carbonyl (C=O) groups excluding carboxylic acids is 1. The molecular weight excluding hydrogens is 294 g/mol. The minimum atomic E-state index is -0.0166. The maximum Gasteiger partial charge on any atom is 0.225 e. The zero-order valence-electron chi connectivity index (χ0n) is 11.4. The number of anilines is 1. The molecule has 1 aromatic heterocycles. The average molecular weight is 310 g/mol. The van der Waals surface area contributed by atoms with E-state index in [0.717, 1.165) is 16.4 Å². The van der Waals surface area contributed by atoms with Crippen molar-refractivity contribution in [3.05, 3.63) is 41.2 Å². The van der Waals surface area contributed by atoms with Crippen molar-refractivity contribution in [1.29, 1.82) is 0 Å². The van der Waals surface area contributed by atoms with Crippen molar-refractivity contribution in [3.8, 4) is 0 Å². The van der Waals surface area contributed by atoms with Gasteiger partial charge in [-0.25, -0.2) is 4.98 Å². The largest absolute Gasteiger partial charge is 0.329 e. The number of aromatic nitrogens is 2. The molecule has 0 aliphatic carbocycles. The summed E-state index contributed by atoms with van der Waals surface area (Å²) in [5.74, 6) is 0.674. The number of halogens is 1. The van der Waals surface area contributed by atoms with Crippen molar-refractivity contribution in [2.75, 3.05) is 11.1 Å². The number of imidazole rings is 1. The van der Waals surface area contributed by atoms with Gasteiger partial charge in [0, 0.05) is 42.3 Å². The lowest BCUT2D eigenvalue weighted by Crippen LogP contribution is -2.13. The fourth-order valence-corrected chi connectivity index (χ4v) is 2.73. The van der Waals surface area contributed by atoms with Gasteiger partial charge in [-0.2, -0.15) is 0 Å². The second kappa shape index (κ2) is 6.81. The molecule has 1 heterocycles. The van der Waals surface area contributed by atoms with Crippen molar-refractivity contribution in [3.63, 3.8) is 0 Å². The highest BCUT2D eigenvalue weighted by Crippen LogP contribution is 2.23. The second-order valence-corrected chi connectivity index (χ2v) is 5.85. The first-order valence-electron chi connectivity index (χ1n) is 6.23. The summed E-state index contributed by atoms with van der Waals surface area (Å²) in [6.45, 7) is 1.89. The van der Waals surface area contributed by atoms with E-state index in [1.54, 1.807) is 18.0 Å². The Labute approximate surface area is 127 Å². The third kappa shape index (κ3) is 3.77. The third-order valence-corrected chi connectivity index (χ3v) is 4.35. The lowest BCUT2D eigenvalue weighted by molar-refractivity contribution is -0.115. The van der Waals surface area contributed by atoms with Gasteiger partial charge in [0.15, 0.2) is 5.16 Å². The number of rotatable bonds is 5. The van der Waals surface area contributed by atoms with Crippen LogP contribution in [-0.2, 0) is 11.8 Å². The predicted molar refractivity (Wildman–Crippen MR) is 83.4 cm³/mol. The van der Waals surface area contributed by atoms with Crippen LogP contribution in [0.5, 0.6) is 0 Å². The maximum absolute atomic E-state index is 11.9. The van der Waals surface area contributed by atoms with Gasteiger partial charge in [0.25, 0.3) is 0 Å². The van der Waals surface area contributed by atoms with Gasteiger partial charge in [-0.3, -0.25) is 4.79 Å². The van der Waals surface area contributed by atoms with Crippen LogP contribution in [0.3, 0.4) is 0 Å².